The van der Waals surface area contributed by atoms with Gasteiger partial charge in [-0.1, -0.05) is 35.9 Å². The highest BCUT2D eigenvalue weighted by molar-refractivity contribution is 5.93. The molecule has 0 aliphatic rings. The smallest absolute Gasteiger partial charge is 0.262 e. The van der Waals surface area contributed by atoms with Crippen molar-refractivity contribution in [1.29, 1.82) is 0 Å². The van der Waals surface area contributed by atoms with E-state index in [1.54, 1.807) is 18.2 Å². The Labute approximate surface area is 145 Å². The first-order valence-corrected chi connectivity index (χ1v) is 7.78. The van der Waals surface area contributed by atoms with Gasteiger partial charge < -0.3 is 5.32 Å². The highest BCUT2D eigenvalue weighted by Crippen LogP contribution is 2.15. The zero-order valence-corrected chi connectivity index (χ0v) is 14.1. The number of halogens is 1. The minimum absolute atomic E-state index is 0.0151. The predicted molar refractivity (Wildman–Crippen MR) is 96.1 cm³/mol. The minimum atomic E-state index is -0.553. The second kappa shape index (κ2) is 8.63. The summed E-state index contributed by atoms with van der Waals surface area (Å²) in [4.78, 5) is 23.4. The maximum Gasteiger partial charge on any atom is 0.262 e. The van der Waals surface area contributed by atoms with Crippen molar-refractivity contribution < 1.29 is 14.0 Å². The van der Waals surface area contributed by atoms with Crippen molar-refractivity contribution in [3.8, 4) is 0 Å². The Kier molecular flexibility index (Phi) is 6.28. The number of hydrazine groups is 1. The Bertz CT molecular complexity index is 803. The highest BCUT2D eigenvalue weighted by atomic mass is 19.1. The van der Waals surface area contributed by atoms with Crippen molar-refractivity contribution in [1.82, 2.24) is 10.9 Å². The molecule has 5 nitrogen and oxygen atoms in total. The molecule has 0 aromatic heterocycles. The lowest BCUT2D eigenvalue weighted by atomic mass is 10.1. The second-order valence-corrected chi connectivity index (χ2v) is 5.56. The second-order valence-electron chi connectivity index (χ2n) is 5.56. The molecule has 2 aromatic carbocycles. The summed E-state index contributed by atoms with van der Waals surface area (Å²) in [6, 6.07) is 11.9. The van der Waals surface area contributed by atoms with Gasteiger partial charge in [0.15, 0.2) is 0 Å². The Morgan fingerprint density at radius 2 is 1.84 bits per heavy atom. The lowest BCUT2D eigenvalue weighted by Crippen LogP contribution is -2.43. The number of hydrogen-bond acceptors (Lipinski definition) is 3. The summed E-state index contributed by atoms with van der Waals surface area (Å²) in [6.07, 6.45) is 2.49. The first kappa shape index (κ1) is 18.2. The lowest BCUT2D eigenvalue weighted by Gasteiger charge is -2.10. The van der Waals surface area contributed by atoms with Crippen LogP contribution in [0.4, 0.5) is 10.1 Å². The molecule has 0 saturated heterocycles. The Morgan fingerprint density at radius 3 is 2.56 bits per heavy atom. The van der Waals surface area contributed by atoms with E-state index in [0.717, 1.165) is 22.9 Å². The van der Waals surface area contributed by atoms with Gasteiger partial charge in [-0.2, -0.15) is 0 Å². The third-order valence-corrected chi connectivity index (χ3v) is 3.47. The summed E-state index contributed by atoms with van der Waals surface area (Å²) in [7, 11) is 0. The van der Waals surface area contributed by atoms with Crippen LogP contribution in [0.1, 0.15) is 16.7 Å². The van der Waals surface area contributed by atoms with Crippen LogP contribution in [0.2, 0.25) is 0 Å². The van der Waals surface area contributed by atoms with Gasteiger partial charge in [-0.05, 0) is 37.6 Å². The SMILES string of the molecule is Cc1ccc(NCC(=O)NNC(=O)/C=C/c2ccccc2F)c(C)c1. The van der Waals surface area contributed by atoms with Gasteiger partial charge in [-0.3, -0.25) is 20.4 Å². The molecule has 0 unspecified atom stereocenters. The van der Waals surface area contributed by atoms with Crippen LogP contribution in [-0.4, -0.2) is 18.4 Å². The van der Waals surface area contributed by atoms with Crippen molar-refractivity contribution in [3.05, 3.63) is 71.0 Å². The maximum atomic E-state index is 13.4. The van der Waals surface area contributed by atoms with Gasteiger partial charge in [0.1, 0.15) is 5.82 Å². The van der Waals surface area contributed by atoms with E-state index >= 15 is 0 Å². The van der Waals surface area contributed by atoms with Crippen molar-refractivity contribution in [3.63, 3.8) is 0 Å². The third-order valence-electron chi connectivity index (χ3n) is 3.47. The fourth-order valence-electron chi connectivity index (χ4n) is 2.18. The first-order chi connectivity index (χ1) is 12.0. The molecule has 0 saturated carbocycles. The Hall–Kier alpha value is -3.15. The number of aryl methyl sites for hydroxylation is 2. The monoisotopic (exact) mass is 341 g/mol. The summed E-state index contributed by atoms with van der Waals surface area (Å²) in [5.74, 6) is -1.37. The number of anilines is 1. The topological polar surface area (TPSA) is 70.2 Å². The van der Waals surface area contributed by atoms with E-state index in [1.165, 1.54) is 12.1 Å². The molecule has 6 heteroatoms. The van der Waals surface area contributed by atoms with Crippen LogP contribution >= 0.6 is 0 Å². The van der Waals surface area contributed by atoms with Crippen LogP contribution in [0.5, 0.6) is 0 Å². The van der Waals surface area contributed by atoms with Gasteiger partial charge in [0, 0.05) is 17.3 Å². The van der Waals surface area contributed by atoms with Crippen LogP contribution in [0.3, 0.4) is 0 Å². The maximum absolute atomic E-state index is 13.4. The molecule has 0 spiro atoms. The van der Waals surface area contributed by atoms with Crippen LogP contribution in [0.25, 0.3) is 6.08 Å². The molecular formula is C19H20FN3O2. The molecule has 3 N–H and O–H groups in total. The van der Waals surface area contributed by atoms with E-state index in [9.17, 15) is 14.0 Å². The first-order valence-electron chi connectivity index (χ1n) is 7.78. The molecule has 25 heavy (non-hydrogen) atoms. The largest absolute Gasteiger partial charge is 0.376 e. The molecule has 2 rings (SSSR count). The molecule has 130 valence electrons. The van der Waals surface area contributed by atoms with Gasteiger partial charge >= 0.3 is 0 Å². The average molecular weight is 341 g/mol. The summed E-state index contributed by atoms with van der Waals surface area (Å²) >= 11 is 0. The number of carbonyl (C=O) groups is 2. The van der Waals surface area contributed by atoms with Gasteiger partial charge in [-0.25, -0.2) is 4.39 Å². The summed E-state index contributed by atoms with van der Waals surface area (Å²) < 4.78 is 13.4. The molecule has 0 aliphatic carbocycles. The van der Waals surface area contributed by atoms with Crippen LogP contribution in [0, 0.1) is 19.7 Å². The molecule has 0 heterocycles. The standard InChI is InChI=1S/C19H20FN3O2/c1-13-7-9-17(14(2)11-13)21-12-19(25)23-22-18(24)10-8-15-5-3-4-6-16(15)20/h3-11,21H,12H2,1-2H3,(H,22,24)(H,23,25)/b10-8+. The summed E-state index contributed by atoms with van der Waals surface area (Å²) in [5, 5.41) is 3.00. The molecule has 0 fully saturated rings. The highest BCUT2D eigenvalue weighted by Gasteiger charge is 2.04. The van der Waals surface area contributed by atoms with Crippen molar-refractivity contribution in [2.75, 3.05) is 11.9 Å². The number of carbonyl (C=O) groups excluding carboxylic acids is 2. The number of hydrogen-bond donors (Lipinski definition) is 3. The van der Waals surface area contributed by atoms with E-state index in [0.29, 0.717) is 5.56 Å². The molecule has 0 radical (unpaired) electrons. The number of nitrogens with one attached hydrogen (secondary N) is 3. The number of benzene rings is 2. The Morgan fingerprint density at radius 1 is 1.08 bits per heavy atom. The van der Waals surface area contributed by atoms with Gasteiger partial charge in [0.2, 0.25) is 0 Å². The number of amides is 2. The zero-order valence-electron chi connectivity index (χ0n) is 14.1. The van der Waals surface area contributed by atoms with E-state index in [4.69, 9.17) is 0 Å². The molecule has 2 aromatic rings. The van der Waals surface area contributed by atoms with Gasteiger partial charge in [0.05, 0.1) is 6.54 Å². The van der Waals surface area contributed by atoms with Crippen LogP contribution in [-0.2, 0) is 9.59 Å². The van der Waals surface area contributed by atoms with Crippen molar-refractivity contribution in [2.24, 2.45) is 0 Å². The van der Waals surface area contributed by atoms with Crippen LogP contribution in [0.15, 0.2) is 48.5 Å². The molecule has 0 atom stereocenters. The van der Waals surface area contributed by atoms with E-state index in [-0.39, 0.29) is 6.54 Å². The van der Waals surface area contributed by atoms with E-state index in [2.05, 4.69) is 16.2 Å². The van der Waals surface area contributed by atoms with E-state index in [1.807, 2.05) is 32.0 Å². The zero-order chi connectivity index (χ0) is 18.2. The van der Waals surface area contributed by atoms with E-state index < -0.39 is 17.6 Å². The predicted octanol–water partition coefficient (Wildman–Crippen LogP) is 2.72. The fraction of sp³-hybridized carbons (Fsp3) is 0.158. The minimum Gasteiger partial charge on any atom is -0.376 e. The molecule has 0 bridgehead atoms. The molecule has 2 amide bonds. The average Bonchev–Trinajstić information content (AvgIpc) is 2.58. The van der Waals surface area contributed by atoms with Crippen LogP contribution < -0.4 is 16.2 Å². The summed E-state index contributed by atoms with van der Waals surface area (Å²) in [6.45, 7) is 3.96. The van der Waals surface area contributed by atoms with Gasteiger partial charge in [-0.15, -0.1) is 0 Å². The summed E-state index contributed by atoms with van der Waals surface area (Å²) in [5.41, 5.74) is 7.85. The molecule has 0 aliphatic heterocycles. The fourth-order valence-corrected chi connectivity index (χ4v) is 2.18. The quantitative estimate of drug-likeness (QED) is 0.578. The third kappa shape index (κ3) is 5.76. The molecular weight excluding hydrogens is 321 g/mol. The lowest BCUT2D eigenvalue weighted by molar-refractivity contribution is -0.125. The van der Waals surface area contributed by atoms with Crippen molar-refractivity contribution in [2.45, 2.75) is 13.8 Å². The van der Waals surface area contributed by atoms with Gasteiger partial charge in [0.25, 0.3) is 11.8 Å². The number of rotatable bonds is 5. The van der Waals surface area contributed by atoms with Crippen molar-refractivity contribution >= 4 is 23.6 Å². The Balaban J connectivity index is 1.77. The normalized spacial score (nSPS) is 10.5.